The fraction of sp³-hybridized carbons (Fsp3) is 0.938. The van der Waals surface area contributed by atoms with Gasteiger partial charge >= 0.3 is 0 Å². The number of nitrogens with zero attached hydrogens (tertiary/aromatic N) is 3. The number of ether oxygens (including phenoxy) is 1. The first-order valence-electron chi connectivity index (χ1n) is 8.57. The van der Waals surface area contributed by atoms with E-state index in [0.29, 0.717) is 12.6 Å². The Morgan fingerprint density at radius 2 is 1.86 bits per heavy atom. The summed E-state index contributed by atoms with van der Waals surface area (Å²) in [5.41, 5.74) is 0. The van der Waals surface area contributed by atoms with Crippen molar-refractivity contribution >= 4 is 5.91 Å². The average Bonchev–Trinajstić information content (AvgIpc) is 2.54. The predicted molar refractivity (Wildman–Crippen MR) is 84.4 cm³/mol. The van der Waals surface area contributed by atoms with Gasteiger partial charge in [-0.3, -0.25) is 14.6 Å². The molecule has 2 saturated heterocycles. The lowest BCUT2D eigenvalue weighted by Crippen LogP contribution is -2.52. The van der Waals surface area contributed by atoms with Crippen molar-refractivity contribution in [1.29, 1.82) is 0 Å². The first-order chi connectivity index (χ1) is 10.2. The van der Waals surface area contributed by atoms with E-state index in [1.54, 1.807) is 0 Å². The summed E-state index contributed by atoms with van der Waals surface area (Å²) in [6, 6.07) is 0. The van der Waals surface area contributed by atoms with E-state index in [2.05, 4.69) is 23.6 Å². The third-order valence-corrected chi connectivity index (χ3v) is 4.71. The SMILES string of the molecule is CCN(CC)CC(=O)N1CCN(C[C@H]2CCCCO2)CC1. The maximum absolute atomic E-state index is 12.3. The van der Waals surface area contributed by atoms with Crippen LogP contribution in [0.2, 0.25) is 0 Å². The van der Waals surface area contributed by atoms with Gasteiger partial charge in [-0.2, -0.15) is 0 Å². The smallest absolute Gasteiger partial charge is 0.236 e. The standard InChI is InChI=1S/C16H31N3O2/c1-3-17(4-2)14-16(20)19-10-8-18(9-11-19)13-15-7-5-6-12-21-15/h15H,3-14H2,1-2H3/t15-/m1/s1. The second-order valence-electron chi connectivity index (χ2n) is 6.13. The molecular weight excluding hydrogens is 266 g/mol. The zero-order chi connectivity index (χ0) is 15.1. The molecule has 0 N–H and O–H groups in total. The van der Waals surface area contributed by atoms with Gasteiger partial charge < -0.3 is 9.64 Å². The average molecular weight is 297 g/mol. The summed E-state index contributed by atoms with van der Waals surface area (Å²) in [5.74, 6) is 0.285. The van der Waals surface area contributed by atoms with Crippen LogP contribution in [0.15, 0.2) is 0 Å². The molecule has 1 atom stereocenters. The van der Waals surface area contributed by atoms with Crippen molar-refractivity contribution in [2.75, 3.05) is 59.0 Å². The fourth-order valence-electron chi connectivity index (χ4n) is 3.16. The summed E-state index contributed by atoms with van der Waals surface area (Å²) in [6.45, 7) is 12.4. The van der Waals surface area contributed by atoms with Crippen LogP contribution in [0.5, 0.6) is 0 Å². The van der Waals surface area contributed by atoms with Crippen LogP contribution in [0.3, 0.4) is 0 Å². The molecule has 5 heteroatoms. The first-order valence-corrected chi connectivity index (χ1v) is 8.57. The van der Waals surface area contributed by atoms with Crippen LogP contribution in [0.25, 0.3) is 0 Å². The molecule has 122 valence electrons. The maximum atomic E-state index is 12.3. The Labute approximate surface area is 129 Å². The van der Waals surface area contributed by atoms with Crippen molar-refractivity contribution in [3.63, 3.8) is 0 Å². The highest BCUT2D eigenvalue weighted by atomic mass is 16.5. The highest BCUT2D eigenvalue weighted by Gasteiger charge is 2.24. The highest BCUT2D eigenvalue weighted by molar-refractivity contribution is 5.78. The van der Waals surface area contributed by atoms with E-state index < -0.39 is 0 Å². The molecule has 0 radical (unpaired) electrons. The van der Waals surface area contributed by atoms with Crippen molar-refractivity contribution in [1.82, 2.24) is 14.7 Å². The van der Waals surface area contributed by atoms with Gasteiger partial charge in [-0.25, -0.2) is 0 Å². The minimum atomic E-state index is 0.285. The summed E-state index contributed by atoms with van der Waals surface area (Å²) < 4.78 is 5.81. The van der Waals surface area contributed by atoms with Crippen LogP contribution in [0.4, 0.5) is 0 Å². The van der Waals surface area contributed by atoms with E-state index in [1.807, 2.05) is 4.90 Å². The summed E-state index contributed by atoms with van der Waals surface area (Å²) in [6.07, 6.45) is 4.12. The lowest BCUT2D eigenvalue weighted by atomic mass is 10.1. The van der Waals surface area contributed by atoms with Crippen LogP contribution in [0.1, 0.15) is 33.1 Å². The molecule has 5 nitrogen and oxygen atoms in total. The second kappa shape index (κ2) is 8.71. The van der Waals surface area contributed by atoms with E-state index in [0.717, 1.165) is 52.4 Å². The Morgan fingerprint density at radius 1 is 1.14 bits per heavy atom. The second-order valence-corrected chi connectivity index (χ2v) is 6.13. The highest BCUT2D eigenvalue weighted by Crippen LogP contribution is 2.15. The quantitative estimate of drug-likeness (QED) is 0.734. The molecular formula is C16H31N3O2. The molecule has 0 aliphatic carbocycles. The van der Waals surface area contributed by atoms with E-state index >= 15 is 0 Å². The van der Waals surface area contributed by atoms with E-state index in [-0.39, 0.29) is 5.91 Å². The lowest BCUT2D eigenvalue weighted by molar-refractivity contribution is -0.134. The van der Waals surface area contributed by atoms with Crippen LogP contribution >= 0.6 is 0 Å². The molecule has 0 bridgehead atoms. The minimum absolute atomic E-state index is 0.285. The Kier molecular flexibility index (Phi) is 6.93. The number of carbonyl (C=O) groups excluding carboxylic acids is 1. The molecule has 2 rings (SSSR count). The third-order valence-electron chi connectivity index (χ3n) is 4.71. The Bertz CT molecular complexity index is 307. The van der Waals surface area contributed by atoms with E-state index in [1.165, 1.54) is 19.3 Å². The molecule has 2 fully saturated rings. The van der Waals surface area contributed by atoms with Crippen LogP contribution < -0.4 is 0 Å². The molecule has 0 unspecified atom stereocenters. The number of rotatable bonds is 6. The first kappa shape index (κ1) is 16.7. The van der Waals surface area contributed by atoms with Gasteiger partial charge in [0, 0.05) is 39.3 Å². The number of likely N-dealkylation sites (N-methyl/N-ethyl adjacent to an activating group) is 1. The van der Waals surface area contributed by atoms with Crippen molar-refractivity contribution in [2.24, 2.45) is 0 Å². The maximum Gasteiger partial charge on any atom is 0.236 e. The van der Waals surface area contributed by atoms with Gasteiger partial charge in [0.2, 0.25) is 5.91 Å². The van der Waals surface area contributed by atoms with Crippen LogP contribution in [0, 0.1) is 0 Å². The Hall–Kier alpha value is -0.650. The monoisotopic (exact) mass is 297 g/mol. The molecule has 2 aliphatic rings. The van der Waals surface area contributed by atoms with Gasteiger partial charge in [-0.1, -0.05) is 13.8 Å². The van der Waals surface area contributed by atoms with Crippen molar-refractivity contribution in [3.05, 3.63) is 0 Å². The Morgan fingerprint density at radius 3 is 2.43 bits per heavy atom. The van der Waals surface area contributed by atoms with Crippen molar-refractivity contribution in [3.8, 4) is 0 Å². The minimum Gasteiger partial charge on any atom is -0.377 e. The number of hydrogen-bond acceptors (Lipinski definition) is 4. The van der Waals surface area contributed by atoms with Gasteiger partial charge in [-0.05, 0) is 32.4 Å². The summed E-state index contributed by atoms with van der Waals surface area (Å²) in [4.78, 5) is 18.9. The molecule has 0 spiro atoms. The number of carbonyl (C=O) groups is 1. The fourth-order valence-corrected chi connectivity index (χ4v) is 3.16. The molecule has 1 amide bonds. The molecule has 0 aromatic carbocycles. The topological polar surface area (TPSA) is 36.0 Å². The molecule has 0 aromatic heterocycles. The zero-order valence-electron chi connectivity index (χ0n) is 13.7. The van der Waals surface area contributed by atoms with Gasteiger partial charge in [0.1, 0.15) is 0 Å². The zero-order valence-corrected chi connectivity index (χ0v) is 13.7. The largest absolute Gasteiger partial charge is 0.377 e. The lowest BCUT2D eigenvalue weighted by Gasteiger charge is -2.37. The third kappa shape index (κ3) is 5.24. The molecule has 0 saturated carbocycles. The summed E-state index contributed by atoms with van der Waals surface area (Å²) in [7, 11) is 0. The molecule has 2 heterocycles. The van der Waals surface area contributed by atoms with Crippen molar-refractivity contribution in [2.45, 2.75) is 39.2 Å². The number of amides is 1. The van der Waals surface area contributed by atoms with E-state index in [4.69, 9.17) is 4.74 Å². The number of piperazine rings is 1. The number of hydrogen-bond donors (Lipinski definition) is 0. The van der Waals surface area contributed by atoms with Gasteiger partial charge in [0.25, 0.3) is 0 Å². The normalized spacial score (nSPS) is 24.5. The summed E-state index contributed by atoms with van der Waals surface area (Å²) >= 11 is 0. The van der Waals surface area contributed by atoms with Gasteiger partial charge in [-0.15, -0.1) is 0 Å². The predicted octanol–water partition coefficient (Wildman–Crippen LogP) is 1.04. The molecule has 21 heavy (non-hydrogen) atoms. The summed E-state index contributed by atoms with van der Waals surface area (Å²) in [5, 5.41) is 0. The van der Waals surface area contributed by atoms with E-state index in [9.17, 15) is 4.79 Å². The molecule has 0 aromatic rings. The Balaban J connectivity index is 1.68. The van der Waals surface area contributed by atoms with Crippen molar-refractivity contribution < 1.29 is 9.53 Å². The molecule has 2 aliphatic heterocycles. The van der Waals surface area contributed by atoms with Gasteiger partial charge in [0.15, 0.2) is 0 Å². The van der Waals surface area contributed by atoms with Gasteiger partial charge in [0.05, 0.1) is 12.6 Å². The van der Waals surface area contributed by atoms with Crippen LogP contribution in [-0.2, 0) is 9.53 Å². The van der Waals surface area contributed by atoms with Crippen LogP contribution in [-0.4, -0.2) is 85.7 Å².